The molecule has 0 heterocycles. The summed E-state index contributed by atoms with van der Waals surface area (Å²) in [5, 5.41) is 16.4. The molecule has 0 bridgehead atoms. The lowest BCUT2D eigenvalue weighted by Crippen LogP contribution is -2.15. The molecule has 0 atom stereocenters. The first-order valence-electron chi connectivity index (χ1n) is 7.78. The topological polar surface area (TPSA) is 61.4 Å². The third kappa shape index (κ3) is 3.96. The summed E-state index contributed by atoms with van der Waals surface area (Å²) in [5.74, 6) is -0.479. The Hall–Kier alpha value is -2.20. The number of hydrogen-bond donors (Lipinski definition) is 3. The highest BCUT2D eigenvalue weighted by atomic mass is 35.5. The molecule has 0 saturated heterocycles. The SMILES string of the molecule is O=C(Nc1ccc(NC2CCCC2)cc1)c1cc(Cl)ccc1O. The van der Waals surface area contributed by atoms with Gasteiger partial charge in [-0.2, -0.15) is 0 Å². The number of nitrogens with one attached hydrogen (secondary N) is 2. The second kappa shape index (κ2) is 6.92. The van der Waals surface area contributed by atoms with Gasteiger partial charge >= 0.3 is 0 Å². The molecule has 1 fully saturated rings. The van der Waals surface area contributed by atoms with E-state index in [4.69, 9.17) is 11.6 Å². The fraction of sp³-hybridized carbons (Fsp3) is 0.278. The Morgan fingerprint density at radius 1 is 1.04 bits per heavy atom. The average molecular weight is 331 g/mol. The molecule has 0 aliphatic heterocycles. The summed E-state index contributed by atoms with van der Waals surface area (Å²) in [6.45, 7) is 0. The standard InChI is InChI=1S/C18H19ClN2O2/c19-12-5-10-17(22)16(11-12)18(23)21-15-8-6-14(7-9-15)20-13-3-1-2-4-13/h5-11,13,20,22H,1-4H2,(H,21,23). The number of hydrogen-bond acceptors (Lipinski definition) is 3. The Kier molecular flexibility index (Phi) is 4.72. The number of carbonyl (C=O) groups excluding carboxylic acids is 1. The Balaban J connectivity index is 1.65. The monoisotopic (exact) mass is 330 g/mol. The largest absolute Gasteiger partial charge is 0.507 e. The number of phenols is 1. The number of phenolic OH excluding ortho intramolecular Hbond substituents is 1. The molecule has 3 N–H and O–H groups in total. The van der Waals surface area contributed by atoms with Gasteiger partial charge in [0.15, 0.2) is 0 Å². The van der Waals surface area contributed by atoms with Crippen LogP contribution in [0.5, 0.6) is 5.75 Å². The predicted octanol–water partition coefficient (Wildman–Crippen LogP) is 4.65. The highest BCUT2D eigenvalue weighted by Gasteiger charge is 2.15. The lowest BCUT2D eigenvalue weighted by molar-refractivity contribution is 0.102. The van der Waals surface area contributed by atoms with E-state index in [1.165, 1.54) is 43.9 Å². The van der Waals surface area contributed by atoms with Gasteiger partial charge in [0.05, 0.1) is 5.56 Å². The Labute approximate surface area is 140 Å². The van der Waals surface area contributed by atoms with E-state index < -0.39 is 0 Å². The second-order valence-corrected chi connectivity index (χ2v) is 6.26. The van der Waals surface area contributed by atoms with Gasteiger partial charge in [0.2, 0.25) is 0 Å². The number of rotatable bonds is 4. The molecule has 2 aromatic rings. The lowest BCUT2D eigenvalue weighted by atomic mass is 10.1. The summed E-state index contributed by atoms with van der Waals surface area (Å²) in [6.07, 6.45) is 5.00. The van der Waals surface area contributed by atoms with Gasteiger partial charge in [-0.15, -0.1) is 0 Å². The van der Waals surface area contributed by atoms with Crippen molar-refractivity contribution in [1.82, 2.24) is 0 Å². The van der Waals surface area contributed by atoms with Crippen molar-refractivity contribution in [3.63, 3.8) is 0 Å². The van der Waals surface area contributed by atoms with Crippen LogP contribution in [0.25, 0.3) is 0 Å². The van der Waals surface area contributed by atoms with Gasteiger partial charge in [0.25, 0.3) is 5.91 Å². The maximum Gasteiger partial charge on any atom is 0.259 e. The highest BCUT2D eigenvalue weighted by molar-refractivity contribution is 6.31. The van der Waals surface area contributed by atoms with Gasteiger partial charge in [-0.25, -0.2) is 0 Å². The molecule has 4 nitrogen and oxygen atoms in total. The number of halogens is 1. The molecule has 1 amide bonds. The zero-order valence-corrected chi connectivity index (χ0v) is 13.4. The van der Waals surface area contributed by atoms with Crippen LogP contribution in [-0.2, 0) is 0 Å². The van der Waals surface area contributed by atoms with Crippen LogP contribution in [0.15, 0.2) is 42.5 Å². The molecular weight excluding hydrogens is 312 g/mol. The first-order valence-corrected chi connectivity index (χ1v) is 8.16. The van der Waals surface area contributed by atoms with Crippen LogP contribution in [0.3, 0.4) is 0 Å². The van der Waals surface area contributed by atoms with Crippen LogP contribution < -0.4 is 10.6 Å². The molecule has 1 aliphatic rings. The molecule has 5 heteroatoms. The molecule has 1 saturated carbocycles. The van der Waals surface area contributed by atoms with E-state index in [2.05, 4.69) is 10.6 Å². The van der Waals surface area contributed by atoms with Crippen molar-refractivity contribution in [3.8, 4) is 5.75 Å². The maximum atomic E-state index is 12.2. The van der Waals surface area contributed by atoms with Crippen molar-refractivity contribution in [2.75, 3.05) is 10.6 Å². The van der Waals surface area contributed by atoms with E-state index >= 15 is 0 Å². The van der Waals surface area contributed by atoms with Crippen molar-refractivity contribution < 1.29 is 9.90 Å². The van der Waals surface area contributed by atoms with E-state index in [0.717, 1.165) is 5.69 Å². The van der Waals surface area contributed by atoms with Crippen LogP contribution in [0.1, 0.15) is 36.0 Å². The number of benzene rings is 2. The number of aromatic hydroxyl groups is 1. The highest BCUT2D eigenvalue weighted by Crippen LogP contribution is 2.25. The lowest BCUT2D eigenvalue weighted by Gasteiger charge is -2.14. The Morgan fingerprint density at radius 3 is 2.39 bits per heavy atom. The third-order valence-electron chi connectivity index (χ3n) is 4.07. The smallest absolute Gasteiger partial charge is 0.259 e. The quantitative estimate of drug-likeness (QED) is 0.764. The molecule has 3 rings (SSSR count). The van der Waals surface area contributed by atoms with Crippen molar-refractivity contribution in [2.24, 2.45) is 0 Å². The molecule has 0 aromatic heterocycles. The van der Waals surface area contributed by atoms with Gasteiger partial charge in [-0.05, 0) is 55.3 Å². The van der Waals surface area contributed by atoms with Crippen molar-refractivity contribution >= 4 is 28.9 Å². The number of anilines is 2. The summed E-state index contributed by atoms with van der Waals surface area (Å²) in [6, 6.07) is 12.5. The van der Waals surface area contributed by atoms with Crippen LogP contribution in [0.2, 0.25) is 5.02 Å². The Bertz CT molecular complexity index is 695. The summed E-state index contributed by atoms with van der Waals surface area (Å²) < 4.78 is 0. The summed E-state index contributed by atoms with van der Waals surface area (Å²) in [4.78, 5) is 12.2. The van der Waals surface area contributed by atoms with E-state index in [0.29, 0.717) is 16.8 Å². The summed E-state index contributed by atoms with van der Waals surface area (Å²) in [5.41, 5.74) is 1.89. The van der Waals surface area contributed by atoms with Gasteiger partial charge in [0, 0.05) is 22.4 Å². The maximum absolute atomic E-state index is 12.2. The van der Waals surface area contributed by atoms with Crippen LogP contribution in [-0.4, -0.2) is 17.1 Å². The molecule has 23 heavy (non-hydrogen) atoms. The molecule has 2 aromatic carbocycles. The molecule has 0 radical (unpaired) electrons. The van der Waals surface area contributed by atoms with E-state index in [9.17, 15) is 9.90 Å². The molecule has 120 valence electrons. The van der Waals surface area contributed by atoms with Gasteiger partial charge in [-0.3, -0.25) is 4.79 Å². The predicted molar refractivity (Wildman–Crippen MR) is 93.4 cm³/mol. The minimum atomic E-state index is -0.387. The van der Waals surface area contributed by atoms with Crippen LogP contribution in [0.4, 0.5) is 11.4 Å². The zero-order chi connectivity index (χ0) is 16.2. The minimum absolute atomic E-state index is 0.0913. The minimum Gasteiger partial charge on any atom is -0.507 e. The second-order valence-electron chi connectivity index (χ2n) is 5.82. The van der Waals surface area contributed by atoms with E-state index in [1.807, 2.05) is 24.3 Å². The molecule has 0 spiro atoms. The van der Waals surface area contributed by atoms with Gasteiger partial charge < -0.3 is 15.7 Å². The van der Waals surface area contributed by atoms with Gasteiger partial charge in [0.1, 0.15) is 5.75 Å². The van der Waals surface area contributed by atoms with Gasteiger partial charge in [-0.1, -0.05) is 24.4 Å². The fourth-order valence-electron chi connectivity index (χ4n) is 2.84. The van der Waals surface area contributed by atoms with E-state index in [1.54, 1.807) is 0 Å². The van der Waals surface area contributed by atoms with Crippen molar-refractivity contribution in [1.29, 1.82) is 0 Å². The fourth-order valence-corrected chi connectivity index (χ4v) is 3.02. The normalized spacial score (nSPS) is 14.7. The van der Waals surface area contributed by atoms with Crippen LogP contribution >= 0.6 is 11.6 Å². The molecular formula is C18H19ClN2O2. The zero-order valence-electron chi connectivity index (χ0n) is 12.7. The molecule has 1 aliphatic carbocycles. The number of amides is 1. The molecule has 0 unspecified atom stereocenters. The first kappa shape index (κ1) is 15.7. The number of carbonyl (C=O) groups is 1. The van der Waals surface area contributed by atoms with Crippen molar-refractivity contribution in [2.45, 2.75) is 31.7 Å². The van der Waals surface area contributed by atoms with Crippen molar-refractivity contribution in [3.05, 3.63) is 53.1 Å². The summed E-state index contributed by atoms with van der Waals surface area (Å²) >= 11 is 5.87. The Morgan fingerprint density at radius 2 is 1.70 bits per heavy atom. The third-order valence-corrected chi connectivity index (χ3v) is 4.31. The average Bonchev–Trinajstić information content (AvgIpc) is 3.04. The van der Waals surface area contributed by atoms with Crippen LogP contribution in [0, 0.1) is 0 Å². The first-order chi connectivity index (χ1) is 11.1. The summed E-state index contributed by atoms with van der Waals surface area (Å²) in [7, 11) is 0. The van der Waals surface area contributed by atoms with E-state index in [-0.39, 0.29) is 17.2 Å².